The molecule has 0 fully saturated rings. The van der Waals surface area contributed by atoms with Gasteiger partial charge in [0.15, 0.2) is 5.78 Å². The van der Waals surface area contributed by atoms with Gasteiger partial charge in [0.1, 0.15) is 11.5 Å². The number of carbonyl (C=O) groups is 2. The number of rotatable bonds is 4. The molecular weight excluding hydrogens is 390 g/mol. The normalized spacial score (nSPS) is 16.0. The average molecular weight is 410 g/mol. The maximum Gasteiger partial charge on any atom is 0.276 e. The first-order valence-corrected chi connectivity index (χ1v) is 9.62. The minimum Gasteiger partial charge on any atom is -0.384 e. The molecule has 0 saturated carbocycles. The standard InChI is InChI=1S/C21H20ClN5O2/c1-12-7-14(9-19(23)25-12)18(28)8-15-10-24-27-13(2)11-26(21(29)20(15)27)17-5-3-16(22)4-6-17/h3-7,9-10,13H,8,11H2,1-2H3,(H2,23,25)/t13-/m0/s1. The molecule has 1 aliphatic heterocycles. The molecule has 0 unspecified atom stereocenters. The molecule has 0 radical (unpaired) electrons. The van der Waals surface area contributed by atoms with Crippen LogP contribution in [0.25, 0.3) is 0 Å². The van der Waals surface area contributed by atoms with Crippen LogP contribution in [0.5, 0.6) is 0 Å². The Balaban J connectivity index is 1.66. The van der Waals surface area contributed by atoms with E-state index in [1.54, 1.807) is 47.0 Å². The number of carbonyl (C=O) groups excluding carboxylic acids is 2. The number of pyridine rings is 1. The number of halogens is 1. The van der Waals surface area contributed by atoms with Crippen LogP contribution in [0.3, 0.4) is 0 Å². The Bertz CT molecular complexity index is 1090. The zero-order valence-electron chi connectivity index (χ0n) is 16.1. The van der Waals surface area contributed by atoms with Crippen molar-refractivity contribution < 1.29 is 9.59 Å². The van der Waals surface area contributed by atoms with Gasteiger partial charge in [-0.15, -0.1) is 0 Å². The lowest BCUT2D eigenvalue weighted by Crippen LogP contribution is -2.43. The van der Waals surface area contributed by atoms with Crippen LogP contribution in [0.2, 0.25) is 5.02 Å². The van der Waals surface area contributed by atoms with E-state index in [0.29, 0.717) is 39.9 Å². The molecule has 8 heteroatoms. The highest BCUT2D eigenvalue weighted by Crippen LogP contribution is 2.29. The van der Waals surface area contributed by atoms with E-state index >= 15 is 0 Å². The number of fused-ring (bicyclic) bond motifs is 1. The molecule has 3 aromatic rings. The Labute approximate surface area is 173 Å². The van der Waals surface area contributed by atoms with Gasteiger partial charge in [0.05, 0.1) is 12.2 Å². The second kappa shape index (κ2) is 7.33. The number of benzene rings is 1. The van der Waals surface area contributed by atoms with Crippen molar-refractivity contribution in [3.63, 3.8) is 0 Å². The first kappa shape index (κ1) is 19.1. The number of hydrogen-bond acceptors (Lipinski definition) is 5. The second-order valence-electron chi connectivity index (χ2n) is 7.23. The summed E-state index contributed by atoms with van der Waals surface area (Å²) in [6.45, 7) is 4.26. The maximum absolute atomic E-state index is 13.2. The topological polar surface area (TPSA) is 94.1 Å². The molecule has 1 atom stereocenters. The second-order valence-corrected chi connectivity index (χ2v) is 7.66. The molecule has 148 valence electrons. The van der Waals surface area contributed by atoms with Gasteiger partial charge in [0.25, 0.3) is 5.91 Å². The third kappa shape index (κ3) is 3.61. The van der Waals surface area contributed by atoms with Crippen molar-refractivity contribution in [2.24, 2.45) is 0 Å². The predicted octanol–water partition coefficient (Wildman–Crippen LogP) is 3.47. The number of hydrogen-bond donors (Lipinski definition) is 1. The van der Waals surface area contributed by atoms with Crippen molar-refractivity contribution in [3.05, 3.63) is 70.1 Å². The van der Waals surface area contributed by atoms with Crippen LogP contribution in [0.1, 0.15) is 45.1 Å². The van der Waals surface area contributed by atoms with Crippen molar-refractivity contribution in [1.29, 1.82) is 0 Å². The van der Waals surface area contributed by atoms with Gasteiger partial charge in [-0.3, -0.25) is 14.3 Å². The summed E-state index contributed by atoms with van der Waals surface area (Å²) in [5.41, 5.74) is 8.70. The van der Waals surface area contributed by atoms with Crippen LogP contribution in [-0.2, 0) is 6.42 Å². The van der Waals surface area contributed by atoms with E-state index in [4.69, 9.17) is 17.3 Å². The molecule has 0 bridgehead atoms. The van der Waals surface area contributed by atoms with E-state index in [1.165, 1.54) is 0 Å². The number of nitrogen functional groups attached to an aromatic ring is 1. The van der Waals surface area contributed by atoms with Gasteiger partial charge in [-0.1, -0.05) is 11.6 Å². The first-order chi connectivity index (χ1) is 13.8. The minimum absolute atomic E-state index is 0.0268. The summed E-state index contributed by atoms with van der Waals surface area (Å²) in [6.07, 6.45) is 1.66. The smallest absolute Gasteiger partial charge is 0.276 e. The molecule has 29 heavy (non-hydrogen) atoms. The maximum atomic E-state index is 13.2. The first-order valence-electron chi connectivity index (χ1n) is 9.24. The van der Waals surface area contributed by atoms with Crippen molar-refractivity contribution in [2.45, 2.75) is 26.3 Å². The summed E-state index contributed by atoms with van der Waals surface area (Å²) in [7, 11) is 0. The van der Waals surface area contributed by atoms with Gasteiger partial charge in [-0.25, -0.2) is 4.98 Å². The van der Waals surface area contributed by atoms with E-state index in [-0.39, 0.29) is 24.2 Å². The monoisotopic (exact) mass is 409 g/mol. The van der Waals surface area contributed by atoms with Gasteiger partial charge < -0.3 is 10.6 Å². The fourth-order valence-electron chi connectivity index (χ4n) is 3.62. The molecule has 1 amide bonds. The van der Waals surface area contributed by atoms with Gasteiger partial charge in [0.2, 0.25) is 0 Å². The Morgan fingerprint density at radius 2 is 2.00 bits per heavy atom. The largest absolute Gasteiger partial charge is 0.384 e. The summed E-state index contributed by atoms with van der Waals surface area (Å²) in [6, 6.07) is 10.3. The number of aromatic nitrogens is 3. The lowest BCUT2D eigenvalue weighted by Gasteiger charge is -2.32. The average Bonchev–Trinajstić information content (AvgIpc) is 3.09. The molecule has 0 saturated heterocycles. The highest BCUT2D eigenvalue weighted by atomic mass is 35.5. The number of ketones is 1. The molecule has 7 nitrogen and oxygen atoms in total. The van der Waals surface area contributed by atoms with Crippen molar-refractivity contribution in [2.75, 3.05) is 17.2 Å². The van der Waals surface area contributed by atoms with E-state index in [1.807, 2.05) is 19.1 Å². The number of nitrogens with two attached hydrogens (primary N) is 1. The molecule has 1 aromatic carbocycles. The van der Waals surface area contributed by atoms with Crippen LogP contribution < -0.4 is 10.6 Å². The Morgan fingerprint density at radius 1 is 1.28 bits per heavy atom. The van der Waals surface area contributed by atoms with E-state index in [2.05, 4.69) is 10.1 Å². The number of Topliss-reactive ketones (excluding diaryl/α,β-unsaturated/α-hetero) is 1. The number of aryl methyl sites for hydroxylation is 1. The quantitative estimate of drug-likeness (QED) is 0.666. The number of amides is 1. The van der Waals surface area contributed by atoms with Gasteiger partial charge in [-0.2, -0.15) is 5.10 Å². The molecule has 3 heterocycles. The van der Waals surface area contributed by atoms with Crippen LogP contribution >= 0.6 is 11.6 Å². The highest BCUT2D eigenvalue weighted by Gasteiger charge is 2.33. The van der Waals surface area contributed by atoms with Gasteiger partial charge in [-0.05, 0) is 50.2 Å². The van der Waals surface area contributed by atoms with E-state index in [0.717, 1.165) is 5.69 Å². The lowest BCUT2D eigenvalue weighted by atomic mass is 10.0. The summed E-state index contributed by atoms with van der Waals surface area (Å²) in [5.74, 6) is -0.0257. The number of anilines is 2. The molecule has 2 N–H and O–H groups in total. The molecule has 2 aromatic heterocycles. The van der Waals surface area contributed by atoms with E-state index in [9.17, 15) is 9.59 Å². The van der Waals surface area contributed by atoms with Crippen molar-refractivity contribution in [3.8, 4) is 0 Å². The zero-order valence-corrected chi connectivity index (χ0v) is 16.8. The van der Waals surface area contributed by atoms with Gasteiger partial charge in [0, 0.05) is 40.5 Å². The Morgan fingerprint density at radius 3 is 2.69 bits per heavy atom. The summed E-state index contributed by atoms with van der Waals surface area (Å²) in [5, 5.41) is 4.98. The van der Waals surface area contributed by atoms with Crippen LogP contribution in [-0.4, -0.2) is 33.0 Å². The molecule has 0 aliphatic carbocycles. The van der Waals surface area contributed by atoms with Crippen molar-refractivity contribution in [1.82, 2.24) is 14.8 Å². The molecular formula is C21H20ClN5O2. The third-order valence-electron chi connectivity index (χ3n) is 4.97. The third-order valence-corrected chi connectivity index (χ3v) is 5.22. The molecule has 0 spiro atoms. The van der Waals surface area contributed by atoms with Crippen LogP contribution in [0, 0.1) is 6.92 Å². The van der Waals surface area contributed by atoms with Crippen LogP contribution in [0.15, 0.2) is 42.6 Å². The lowest BCUT2D eigenvalue weighted by molar-refractivity contribution is 0.0951. The zero-order chi connectivity index (χ0) is 20.7. The van der Waals surface area contributed by atoms with Crippen LogP contribution in [0.4, 0.5) is 11.5 Å². The predicted molar refractivity (Wildman–Crippen MR) is 111 cm³/mol. The Kier molecular flexibility index (Phi) is 4.84. The summed E-state index contributed by atoms with van der Waals surface area (Å²) in [4.78, 5) is 31.9. The number of nitrogens with zero attached hydrogens (tertiary/aromatic N) is 4. The molecule has 1 aliphatic rings. The molecule has 4 rings (SSSR count). The fraction of sp³-hybridized carbons (Fsp3) is 0.238. The summed E-state index contributed by atoms with van der Waals surface area (Å²) >= 11 is 5.97. The Hall–Kier alpha value is -3.19. The summed E-state index contributed by atoms with van der Waals surface area (Å²) < 4.78 is 1.70. The SMILES string of the molecule is Cc1cc(C(=O)Cc2cnn3c2C(=O)N(c2ccc(Cl)cc2)C[C@@H]3C)cc(N)n1. The van der Waals surface area contributed by atoms with Gasteiger partial charge >= 0.3 is 0 Å². The minimum atomic E-state index is -0.184. The van der Waals surface area contributed by atoms with Crippen molar-refractivity contribution >= 4 is 34.8 Å². The fourth-order valence-corrected chi connectivity index (χ4v) is 3.75. The highest BCUT2D eigenvalue weighted by molar-refractivity contribution is 6.30. The van der Waals surface area contributed by atoms with E-state index < -0.39 is 0 Å².